The van der Waals surface area contributed by atoms with Gasteiger partial charge in [-0.05, 0) is 61.1 Å². The van der Waals surface area contributed by atoms with Gasteiger partial charge in [-0.3, -0.25) is 14.9 Å². The van der Waals surface area contributed by atoms with Crippen molar-refractivity contribution >= 4 is 5.91 Å². The summed E-state index contributed by atoms with van der Waals surface area (Å²) < 4.78 is 0. The molecule has 1 aliphatic carbocycles. The van der Waals surface area contributed by atoms with E-state index in [0.717, 1.165) is 48.2 Å². The molecular formula is C26H24N4O. The maximum atomic E-state index is 12.5. The number of aryl methyl sites for hydroxylation is 1. The highest BCUT2D eigenvalue weighted by molar-refractivity contribution is 5.94. The van der Waals surface area contributed by atoms with Gasteiger partial charge in [-0.25, -0.2) is 0 Å². The normalized spacial score (nSPS) is 12.5. The van der Waals surface area contributed by atoms with Crippen LogP contribution in [0.4, 0.5) is 0 Å². The molecule has 2 aromatic heterocycles. The largest absolute Gasteiger partial charge is 0.352 e. The van der Waals surface area contributed by atoms with E-state index in [1.54, 1.807) is 12.4 Å². The SMILES string of the molecule is O=C(NCCc1ccncc1)c1ccc(-c2n[nH]c3c2CCCc2ccccc2-3)cc1. The molecule has 0 radical (unpaired) electrons. The lowest BCUT2D eigenvalue weighted by atomic mass is 9.99. The average Bonchev–Trinajstić information content (AvgIpc) is 3.15. The summed E-state index contributed by atoms with van der Waals surface area (Å²) in [5.74, 6) is -0.0598. The Labute approximate surface area is 181 Å². The van der Waals surface area contributed by atoms with Crippen molar-refractivity contribution in [2.75, 3.05) is 6.54 Å². The molecule has 5 heteroatoms. The van der Waals surface area contributed by atoms with Crippen LogP contribution < -0.4 is 5.32 Å². The molecule has 1 aliphatic rings. The number of aromatic nitrogens is 3. The highest BCUT2D eigenvalue weighted by atomic mass is 16.1. The number of nitrogens with zero attached hydrogens (tertiary/aromatic N) is 2. The van der Waals surface area contributed by atoms with Gasteiger partial charge in [0, 0.05) is 41.2 Å². The van der Waals surface area contributed by atoms with Crippen molar-refractivity contribution in [3.8, 4) is 22.5 Å². The second-order valence-corrected chi connectivity index (χ2v) is 7.88. The molecule has 154 valence electrons. The van der Waals surface area contributed by atoms with Crippen molar-refractivity contribution in [2.45, 2.75) is 25.7 Å². The maximum absolute atomic E-state index is 12.5. The van der Waals surface area contributed by atoms with Gasteiger partial charge >= 0.3 is 0 Å². The quantitative estimate of drug-likeness (QED) is 0.507. The molecule has 4 aromatic rings. The number of carbonyl (C=O) groups is 1. The molecule has 0 saturated carbocycles. The number of hydrogen-bond acceptors (Lipinski definition) is 3. The first-order chi connectivity index (χ1) is 15.3. The van der Waals surface area contributed by atoms with Gasteiger partial charge in [0.15, 0.2) is 0 Å². The summed E-state index contributed by atoms with van der Waals surface area (Å²) in [7, 11) is 0. The Kier molecular flexibility index (Phi) is 5.31. The number of pyridine rings is 1. The Bertz CT molecular complexity index is 1200. The van der Waals surface area contributed by atoms with Crippen LogP contribution in [0.25, 0.3) is 22.5 Å². The number of fused-ring (bicyclic) bond motifs is 3. The third-order valence-corrected chi connectivity index (χ3v) is 5.90. The highest BCUT2D eigenvalue weighted by Gasteiger charge is 2.21. The Balaban J connectivity index is 1.31. The summed E-state index contributed by atoms with van der Waals surface area (Å²) in [5.41, 5.74) is 8.84. The molecule has 0 unspecified atom stereocenters. The van der Waals surface area contributed by atoms with Crippen LogP contribution in [-0.2, 0) is 19.3 Å². The molecule has 5 nitrogen and oxygen atoms in total. The second kappa shape index (κ2) is 8.56. The minimum Gasteiger partial charge on any atom is -0.352 e. The van der Waals surface area contributed by atoms with E-state index in [-0.39, 0.29) is 5.91 Å². The number of nitrogens with one attached hydrogen (secondary N) is 2. The van der Waals surface area contributed by atoms with Gasteiger partial charge in [-0.2, -0.15) is 5.10 Å². The molecule has 1 amide bonds. The van der Waals surface area contributed by atoms with E-state index >= 15 is 0 Å². The van der Waals surface area contributed by atoms with E-state index < -0.39 is 0 Å². The first kappa shape index (κ1) is 19.2. The van der Waals surface area contributed by atoms with Gasteiger partial charge in [-0.15, -0.1) is 0 Å². The predicted molar refractivity (Wildman–Crippen MR) is 122 cm³/mol. The minimum atomic E-state index is -0.0598. The smallest absolute Gasteiger partial charge is 0.251 e. The summed E-state index contributed by atoms with van der Waals surface area (Å²) >= 11 is 0. The van der Waals surface area contributed by atoms with Crippen LogP contribution in [0.5, 0.6) is 0 Å². The van der Waals surface area contributed by atoms with E-state index in [4.69, 9.17) is 0 Å². The lowest BCUT2D eigenvalue weighted by Gasteiger charge is -2.07. The topological polar surface area (TPSA) is 70.7 Å². The summed E-state index contributed by atoms with van der Waals surface area (Å²) in [6, 6.07) is 20.2. The lowest BCUT2D eigenvalue weighted by Crippen LogP contribution is -2.25. The summed E-state index contributed by atoms with van der Waals surface area (Å²) in [4.78, 5) is 16.5. The number of rotatable bonds is 5. The van der Waals surface area contributed by atoms with E-state index in [9.17, 15) is 4.79 Å². The molecule has 5 rings (SSSR count). The highest BCUT2D eigenvalue weighted by Crippen LogP contribution is 2.36. The van der Waals surface area contributed by atoms with Crippen LogP contribution >= 0.6 is 0 Å². The molecule has 2 aromatic carbocycles. The summed E-state index contributed by atoms with van der Waals surface area (Å²) in [5, 5.41) is 10.9. The van der Waals surface area contributed by atoms with E-state index in [0.29, 0.717) is 12.1 Å². The third kappa shape index (κ3) is 3.99. The first-order valence-corrected chi connectivity index (χ1v) is 10.7. The number of H-pyrrole nitrogens is 1. The van der Waals surface area contributed by atoms with Gasteiger partial charge in [0.2, 0.25) is 0 Å². The zero-order chi connectivity index (χ0) is 21.0. The first-order valence-electron chi connectivity index (χ1n) is 10.7. The Morgan fingerprint density at radius 2 is 1.77 bits per heavy atom. The molecule has 0 fully saturated rings. The van der Waals surface area contributed by atoms with Crippen molar-refractivity contribution in [2.24, 2.45) is 0 Å². The zero-order valence-electron chi connectivity index (χ0n) is 17.3. The van der Waals surface area contributed by atoms with Crippen molar-refractivity contribution in [3.63, 3.8) is 0 Å². The third-order valence-electron chi connectivity index (χ3n) is 5.90. The van der Waals surface area contributed by atoms with Crippen molar-refractivity contribution in [1.82, 2.24) is 20.5 Å². The summed E-state index contributed by atoms with van der Waals surface area (Å²) in [6.07, 6.45) is 7.50. The van der Waals surface area contributed by atoms with Gasteiger partial charge < -0.3 is 5.32 Å². The number of amides is 1. The van der Waals surface area contributed by atoms with Crippen molar-refractivity contribution < 1.29 is 4.79 Å². The van der Waals surface area contributed by atoms with Crippen LogP contribution in [0.1, 0.15) is 33.5 Å². The van der Waals surface area contributed by atoms with Crippen molar-refractivity contribution in [1.29, 1.82) is 0 Å². The second-order valence-electron chi connectivity index (χ2n) is 7.88. The van der Waals surface area contributed by atoms with Crippen molar-refractivity contribution in [3.05, 3.63) is 95.3 Å². The fourth-order valence-corrected chi connectivity index (χ4v) is 4.26. The Morgan fingerprint density at radius 3 is 2.61 bits per heavy atom. The van der Waals surface area contributed by atoms with E-state index in [1.165, 1.54) is 16.7 Å². The molecule has 0 bridgehead atoms. The van der Waals surface area contributed by atoms with Crippen LogP contribution in [-0.4, -0.2) is 27.6 Å². The zero-order valence-corrected chi connectivity index (χ0v) is 17.3. The van der Waals surface area contributed by atoms with Gasteiger partial charge in [0.05, 0.1) is 11.4 Å². The average molecular weight is 409 g/mol. The molecule has 0 aliphatic heterocycles. The van der Waals surface area contributed by atoms with Crippen LogP contribution in [0.2, 0.25) is 0 Å². The minimum absolute atomic E-state index is 0.0598. The fourth-order valence-electron chi connectivity index (χ4n) is 4.26. The Morgan fingerprint density at radius 1 is 0.968 bits per heavy atom. The summed E-state index contributed by atoms with van der Waals surface area (Å²) in [6.45, 7) is 0.594. The molecule has 0 saturated heterocycles. The van der Waals surface area contributed by atoms with Crippen LogP contribution in [0.15, 0.2) is 73.1 Å². The van der Waals surface area contributed by atoms with Gasteiger partial charge in [0.25, 0.3) is 5.91 Å². The number of benzene rings is 2. The van der Waals surface area contributed by atoms with Crippen LogP contribution in [0, 0.1) is 0 Å². The Hall–Kier alpha value is -3.73. The fraction of sp³-hybridized carbons (Fsp3) is 0.192. The monoisotopic (exact) mass is 408 g/mol. The number of aromatic amines is 1. The lowest BCUT2D eigenvalue weighted by molar-refractivity contribution is 0.0954. The standard InChI is InChI=1S/C26H24N4O/c31-26(28-17-14-18-12-15-27-16-13-18)21-10-8-20(9-11-21)24-23-7-3-5-19-4-1-2-6-22(19)25(23)30-29-24/h1-2,4,6,8-13,15-16H,3,5,7,14,17H2,(H,28,31)(H,29,30). The van der Waals surface area contributed by atoms with Gasteiger partial charge in [0.1, 0.15) is 0 Å². The molecule has 31 heavy (non-hydrogen) atoms. The van der Waals surface area contributed by atoms with Gasteiger partial charge in [-0.1, -0.05) is 36.4 Å². The van der Waals surface area contributed by atoms with E-state index in [1.807, 2.05) is 36.4 Å². The molecule has 2 heterocycles. The molecule has 2 N–H and O–H groups in total. The van der Waals surface area contributed by atoms with Crippen LogP contribution in [0.3, 0.4) is 0 Å². The molecule has 0 spiro atoms. The molecule has 0 atom stereocenters. The predicted octanol–water partition coefficient (Wildman–Crippen LogP) is 4.60. The van der Waals surface area contributed by atoms with E-state index in [2.05, 4.69) is 44.8 Å². The molecular weight excluding hydrogens is 384 g/mol. The maximum Gasteiger partial charge on any atom is 0.251 e. The number of hydrogen-bond donors (Lipinski definition) is 2. The number of carbonyl (C=O) groups excluding carboxylic acids is 1.